The minimum absolute atomic E-state index is 0.127. The van der Waals surface area contributed by atoms with Gasteiger partial charge in [0.1, 0.15) is 5.82 Å². The Morgan fingerprint density at radius 3 is 2.85 bits per heavy atom. The lowest BCUT2D eigenvalue weighted by Crippen LogP contribution is -2.28. The van der Waals surface area contributed by atoms with Crippen molar-refractivity contribution < 1.29 is 4.39 Å². The summed E-state index contributed by atoms with van der Waals surface area (Å²) in [5.41, 5.74) is 0.781. The molecule has 1 nitrogen and oxygen atoms in total. The average Bonchev–Trinajstić information content (AvgIpc) is 2.93. The maximum Gasteiger partial charge on any atom is 0.127 e. The fourth-order valence-electron chi connectivity index (χ4n) is 2.28. The molecule has 20 heavy (non-hydrogen) atoms. The van der Waals surface area contributed by atoms with Crippen molar-refractivity contribution in [3.05, 3.63) is 56.4 Å². The number of benzene rings is 1. The monoisotopic (exact) mass is 355 g/mol. The Morgan fingerprint density at radius 1 is 1.35 bits per heavy atom. The second kappa shape index (κ2) is 7.91. The van der Waals surface area contributed by atoms with Gasteiger partial charge < -0.3 is 5.32 Å². The van der Waals surface area contributed by atoms with Gasteiger partial charge in [-0.3, -0.25) is 0 Å². The number of halogens is 2. The number of thiophene rings is 1. The van der Waals surface area contributed by atoms with Gasteiger partial charge >= 0.3 is 0 Å². The van der Waals surface area contributed by atoms with Crippen LogP contribution < -0.4 is 5.32 Å². The minimum Gasteiger partial charge on any atom is -0.317 e. The molecule has 0 spiro atoms. The first kappa shape index (κ1) is 15.7. The Bertz CT molecular complexity index is 527. The first-order valence-corrected chi connectivity index (χ1v) is 8.50. The van der Waals surface area contributed by atoms with Crippen LogP contribution in [-0.4, -0.2) is 13.1 Å². The standard InChI is InChI=1S/C16H19BrFNS/c1-19-14(4-2-5-15-6-3-9-20-15)10-12-7-8-13(17)11-16(12)18/h3,6-9,11,14,19H,2,4-5,10H2,1H3. The van der Waals surface area contributed by atoms with Crippen LogP contribution in [0.5, 0.6) is 0 Å². The van der Waals surface area contributed by atoms with Crippen molar-refractivity contribution in [2.75, 3.05) is 7.05 Å². The van der Waals surface area contributed by atoms with E-state index in [0.29, 0.717) is 6.04 Å². The largest absolute Gasteiger partial charge is 0.317 e. The third kappa shape index (κ3) is 4.69. The molecule has 0 radical (unpaired) electrons. The molecule has 0 saturated carbocycles. The lowest BCUT2D eigenvalue weighted by Gasteiger charge is -2.16. The third-order valence-electron chi connectivity index (χ3n) is 3.45. The quantitative estimate of drug-likeness (QED) is 0.751. The van der Waals surface area contributed by atoms with Crippen LogP contribution in [0.25, 0.3) is 0 Å². The lowest BCUT2D eigenvalue weighted by molar-refractivity contribution is 0.490. The van der Waals surface area contributed by atoms with Crippen LogP contribution in [0.1, 0.15) is 23.3 Å². The van der Waals surface area contributed by atoms with Gasteiger partial charge in [-0.05, 0) is 61.9 Å². The van der Waals surface area contributed by atoms with Gasteiger partial charge in [-0.2, -0.15) is 0 Å². The zero-order valence-electron chi connectivity index (χ0n) is 11.5. The second-order valence-corrected chi connectivity index (χ2v) is 6.84. The van der Waals surface area contributed by atoms with Crippen LogP contribution in [0.15, 0.2) is 40.2 Å². The van der Waals surface area contributed by atoms with Crippen LogP contribution in [-0.2, 0) is 12.8 Å². The molecule has 0 amide bonds. The maximum absolute atomic E-state index is 13.8. The molecule has 1 unspecified atom stereocenters. The fourth-order valence-corrected chi connectivity index (χ4v) is 3.36. The molecule has 0 aliphatic rings. The number of nitrogens with one attached hydrogen (secondary N) is 1. The van der Waals surface area contributed by atoms with E-state index in [0.717, 1.165) is 35.7 Å². The average molecular weight is 356 g/mol. The van der Waals surface area contributed by atoms with E-state index in [1.165, 1.54) is 10.9 Å². The Kier molecular flexibility index (Phi) is 6.20. The van der Waals surface area contributed by atoms with Crippen molar-refractivity contribution in [3.63, 3.8) is 0 Å². The van der Waals surface area contributed by atoms with Crippen molar-refractivity contribution in [2.45, 2.75) is 31.7 Å². The summed E-state index contributed by atoms with van der Waals surface area (Å²) in [5.74, 6) is -0.127. The third-order valence-corrected chi connectivity index (χ3v) is 4.87. The zero-order chi connectivity index (χ0) is 14.4. The topological polar surface area (TPSA) is 12.0 Å². The number of hydrogen-bond acceptors (Lipinski definition) is 2. The van der Waals surface area contributed by atoms with Crippen LogP contribution in [0, 0.1) is 5.82 Å². The summed E-state index contributed by atoms with van der Waals surface area (Å²) in [7, 11) is 1.95. The van der Waals surface area contributed by atoms with Crippen LogP contribution >= 0.6 is 27.3 Å². The van der Waals surface area contributed by atoms with E-state index in [2.05, 4.69) is 38.8 Å². The number of aryl methyl sites for hydroxylation is 1. The summed E-state index contributed by atoms with van der Waals surface area (Å²) in [5, 5.41) is 5.41. The molecule has 1 N–H and O–H groups in total. The number of rotatable bonds is 7. The lowest BCUT2D eigenvalue weighted by atomic mass is 10.0. The van der Waals surface area contributed by atoms with Gasteiger partial charge in [0.05, 0.1) is 0 Å². The van der Waals surface area contributed by atoms with Crippen molar-refractivity contribution in [1.29, 1.82) is 0 Å². The molecule has 2 rings (SSSR count). The zero-order valence-corrected chi connectivity index (χ0v) is 13.9. The summed E-state index contributed by atoms with van der Waals surface area (Å²) in [6, 6.07) is 9.89. The summed E-state index contributed by atoms with van der Waals surface area (Å²) >= 11 is 5.09. The van der Waals surface area contributed by atoms with Gasteiger partial charge in [0.25, 0.3) is 0 Å². The van der Waals surface area contributed by atoms with Crippen molar-refractivity contribution in [1.82, 2.24) is 5.32 Å². The van der Waals surface area contributed by atoms with Gasteiger partial charge in [0.15, 0.2) is 0 Å². The summed E-state index contributed by atoms with van der Waals surface area (Å²) < 4.78 is 14.6. The van der Waals surface area contributed by atoms with Gasteiger partial charge in [-0.15, -0.1) is 11.3 Å². The van der Waals surface area contributed by atoms with E-state index >= 15 is 0 Å². The minimum atomic E-state index is -0.127. The maximum atomic E-state index is 13.8. The van der Waals surface area contributed by atoms with Crippen molar-refractivity contribution in [3.8, 4) is 0 Å². The molecular formula is C16H19BrFNS. The molecule has 0 aliphatic heterocycles. The van der Waals surface area contributed by atoms with Crippen LogP contribution in [0.3, 0.4) is 0 Å². The predicted molar refractivity (Wildman–Crippen MR) is 87.9 cm³/mol. The summed E-state index contributed by atoms with van der Waals surface area (Å²) in [6.07, 6.45) is 4.03. The first-order chi connectivity index (χ1) is 9.69. The van der Waals surface area contributed by atoms with Crippen LogP contribution in [0.2, 0.25) is 0 Å². The highest BCUT2D eigenvalue weighted by Crippen LogP contribution is 2.18. The molecule has 1 aromatic heterocycles. The highest BCUT2D eigenvalue weighted by Gasteiger charge is 2.11. The predicted octanol–water partition coefficient (Wildman–Crippen LogP) is 4.80. The fraction of sp³-hybridized carbons (Fsp3) is 0.375. The van der Waals surface area contributed by atoms with Gasteiger partial charge in [0.2, 0.25) is 0 Å². The Balaban J connectivity index is 1.85. The van der Waals surface area contributed by atoms with Crippen LogP contribution in [0.4, 0.5) is 4.39 Å². The molecule has 1 heterocycles. The summed E-state index contributed by atoms with van der Waals surface area (Å²) in [6.45, 7) is 0. The molecule has 4 heteroatoms. The highest BCUT2D eigenvalue weighted by molar-refractivity contribution is 9.10. The molecule has 2 aromatic rings. The summed E-state index contributed by atoms with van der Waals surface area (Å²) in [4.78, 5) is 1.43. The van der Waals surface area contributed by atoms with E-state index in [9.17, 15) is 4.39 Å². The molecule has 0 aliphatic carbocycles. The van der Waals surface area contributed by atoms with Gasteiger partial charge in [0, 0.05) is 15.4 Å². The molecule has 0 fully saturated rings. The van der Waals surface area contributed by atoms with E-state index in [-0.39, 0.29) is 5.82 Å². The van der Waals surface area contributed by atoms with E-state index < -0.39 is 0 Å². The van der Waals surface area contributed by atoms with Crippen molar-refractivity contribution >= 4 is 27.3 Å². The van der Waals surface area contributed by atoms with Gasteiger partial charge in [-0.25, -0.2) is 4.39 Å². The molecule has 1 aromatic carbocycles. The second-order valence-electron chi connectivity index (χ2n) is 4.90. The molecule has 0 saturated heterocycles. The van der Waals surface area contributed by atoms with E-state index in [1.54, 1.807) is 11.3 Å². The number of hydrogen-bond donors (Lipinski definition) is 1. The Hall–Kier alpha value is -0.710. The normalized spacial score (nSPS) is 12.6. The smallest absolute Gasteiger partial charge is 0.127 e. The Morgan fingerprint density at radius 2 is 2.20 bits per heavy atom. The molecular weight excluding hydrogens is 337 g/mol. The van der Waals surface area contributed by atoms with Crippen molar-refractivity contribution in [2.24, 2.45) is 0 Å². The first-order valence-electron chi connectivity index (χ1n) is 6.82. The van der Waals surface area contributed by atoms with E-state index in [4.69, 9.17) is 0 Å². The molecule has 0 bridgehead atoms. The molecule has 1 atom stereocenters. The Labute approximate surface area is 132 Å². The number of likely N-dealkylation sites (N-methyl/N-ethyl adjacent to an activating group) is 1. The van der Waals surface area contributed by atoms with E-state index in [1.807, 2.05) is 19.2 Å². The highest BCUT2D eigenvalue weighted by atomic mass is 79.9. The SMILES string of the molecule is CNC(CCCc1cccs1)Cc1ccc(Br)cc1F. The van der Waals surface area contributed by atoms with Gasteiger partial charge in [-0.1, -0.05) is 28.1 Å². The molecule has 108 valence electrons.